The summed E-state index contributed by atoms with van der Waals surface area (Å²) in [7, 11) is 0. The molecule has 1 aromatic heterocycles. The van der Waals surface area contributed by atoms with Crippen molar-refractivity contribution >= 4 is 28.2 Å². The second-order valence-electron chi connectivity index (χ2n) is 7.56. The molecule has 0 fully saturated rings. The maximum atomic E-state index is 12.8. The number of pyridine rings is 1. The number of benzene rings is 3. The average molecular weight is 455 g/mol. The van der Waals surface area contributed by atoms with Crippen LogP contribution in [-0.2, 0) is 16.2 Å². The highest BCUT2D eigenvalue weighted by Crippen LogP contribution is 2.26. The van der Waals surface area contributed by atoms with E-state index >= 15 is 0 Å². The first kappa shape index (κ1) is 22.8. The van der Waals surface area contributed by atoms with Gasteiger partial charge in [0.25, 0.3) is 5.91 Å². The summed E-state index contributed by atoms with van der Waals surface area (Å²) in [6.07, 6.45) is 3.48. The molecule has 0 aliphatic rings. The van der Waals surface area contributed by atoms with E-state index < -0.39 is 0 Å². The number of hydrogen-bond acceptors (Lipinski definition) is 5. The van der Waals surface area contributed by atoms with E-state index in [9.17, 15) is 4.79 Å². The SMILES string of the molecule is CCN(C(=O)CO/N=C(/N)c1ccc(OCc2cccnc2)cc1)c1cccc2ccccc12. The van der Waals surface area contributed by atoms with Gasteiger partial charge < -0.3 is 20.2 Å². The zero-order valence-electron chi connectivity index (χ0n) is 18.9. The van der Waals surface area contributed by atoms with Crippen molar-refractivity contribution in [1.29, 1.82) is 0 Å². The lowest BCUT2D eigenvalue weighted by Gasteiger charge is -2.22. The molecule has 2 N–H and O–H groups in total. The molecule has 172 valence electrons. The molecular weight excluding hydrogens is 428 g/mol. The third-order valence-electron chi connectivity index (χ3n) is 5.30. The fourth-order valence-corrected chi connectivity index (χ4v) is 3.58. The highest BCUT2D eigenvalue weighted by molar-refractivity contribution is 6.04. The Morgan fingerprint density at radius 3 is 2.56 bits per heavy atom. The van der Waals surface area contributed by atoms with Gasteiger partial charge in [-0.25, -0.2) is 0 Å². The number of carbonyl (C=O) groups is 1. The fraction of sp³-hybridized carbons (Fsp3) is 0.148. The lowest BCUT2D eigenvalue weighted by Crippen LogP contribution is -2.33. The normalized spacial score (nSPS) is 11.3. The summed E-state index contributed by atoms with van der Waals surface area (Å²) in [5, 5.41) is 6.01. The van der Waals surface area contributed by atoms with Crippen molar-refractivity contribution in [1.82, 2.24) is 4.98 Å². The van der Waals surface area contributed by atoms with Gasteiger partial charge in [-0.05, 0) is 48.7 Å². The summed E-state index contributed by atoms with van der Waals surface area (Å²) in [6, 6.07) is 24.9. The molecule has 0 radical (unpaired) electrons. The number of carbonyl (C=O) groups excluding carboxylic acids is 1. The van der Waals surface area contributed by atoms with Gasteiger partial charge in [0.05, 0.1) is 5.69 Å². The summed E-state index contributed by atoms with van der Waals surface area (Å²) >= 11 is 0. The third-order valence-corrected chi connectivity index (χ3v) is 5.30. The van der Waals surface area contributed by atoms with Crippen molar-refractivity contribution in [3.63, 3.8) is 0 Å². The zero-order chi connectivity index (χ0) is 23.8. The molecule has 0 saturated heterocycles. The number of anilines is 1. The van der Waals surface area contributed by atoms with E-state index in [0.717, 1.165) is 22.0 Å². The van der Waals surface area contributed by atoms with E-state index in [1.807, 2.05) is 61.5 Å². The maximum Gasteiger partial charge on any atom is 0.267 e. The highest BCUT2D eigenvalue weighted by atomic mass is 16.6. The molecule has 0 aliphatic heterocycles. The summed E-state index contributed by atoms with van der Waals surface area (Å²) in [5.74, 6) is 0.680. The summed E-state index contributed by atoms with van der Waals surface area (Å²) in [5.41, 5.74) is 8.53. The predicted molar refractivity (Wildman–Crippen MR) is 134 cm³/mol. The molecule has 7 heteroatoms. The Morgan fingerprint density at radius 2 is 1.79 bits per heavy atom. The van der Waals surface area contributed by atoms with Crippen LogP contribution in [-0.4, -0.2) is 29.9 Å². The number of aromatic nitrogens is 1. The topological polar surface area (TPSA) is 90.0 Å². The predicted octanol–water partition coefficient (Wildman–Crippen LogP) is 4.50. The number of amides is 1. The van der Waals surface area contributed by atoms with Crippen LogP contribution in [0.25, 0.3) is 10.8 Å². The minimum Gasteiger partial charge on any atom is -0.489 e. The first-order chi connectivity index (χ1) is 16.7. The van der Waals surface area contributed by atoms with E-state index in [2.05, 4.69) is 10.1 Å². The van der Waals surface area contributed by atoms with E-state index in [-0.39, 0.29) is 18.3 Å². The van der Waals surface area contributed by atoms with Crippen molar-refractivity contribution in [2.75, 3.05) is 18.1 Å². The lowest BCUT2D eigenvalue weighted by molar-refractivity contribution is -0.123. The number of hydrogen-bond donors (Lipinski definition) is 1. The van der Waals surface area contributed by atoms with Gasteiger partial charge in [-0.3, -0.25) is 9.78 Å². The van der Waals surface area contributed by atoms with Crippen LogP contribution in [0.1, 0.15) is 18.1 Å². The molecule has 0 unspecified atom stereocenters. The summed E-state index contributed by atoms with van der Waals surface area (Å²) in [4.78, 5) is 23.9. The van der Waals surface area contributed by atoms with Gasteiger partial charge in [-0.15, -0.1) is 0 Å². The molecule has 0 spiro atoms. The fourth-order valence-electron chi connectivity index (χ4n) is 3.58. The van der Waals surface area contributed by atoms with Crippen LogP contribution < -0.4 is 15.4 Å². The summed E-state index contributed by atoms with van der Waals surface area (Å²) < 4.78 is 5.75. The Kier molecular flexibility index (Phi) is 7.35. The molecule has 0 bridgehead atoms. The Bertz CT molecular complexity index is 1270. The zero-order valence-corrected chi connectivity index (χ0v) is 18.9. The van der Waals surface area contributed by atoms with Gasteiger partial charge in [-0.1, -0.05) is 47.6 Å². The molecule has 0 aliphatic carbocycles. The van der Waals surface area contributed by atoms with Gasteiger partial charge in [0, 0.05) is 35.5 Å². The number of amidine groups is 1. The Hall–Kier alpha value is -4.39. The van der Waals surface area contributed by atoms with Crippen LogP contribution in [0.5, 0.6) is 5.75 Å². The number of likely N-dealkylation sites (N-methyl/N-ethyl adjacent to an activating group) is 1. The molecule has 0 saturated carbocycles. The number of nitrogens with two attached hydrogens (primary N) is 1. The van der Waals surface area contributed by atoms with Gasteiger partial charge in [-0.2, -0.15) is 0 Å². The van der Waals surface area contributed by atoms with Crippen LogP contribution in [0.15, 0.2) is 96.4 Å². The molecule has 3 aromatic carbocycles. The standard InChI is InChI=1S/C27H26N4O3/c1-2-31(25-11-5-9-21-8-3-4-10-24(21)25)26(32)19-34-30-27(28)22-12-14-23(15-13-22)33-18-20-7-6-16-29-17-20/h3-17H,2,18-19H2,1H3,(H2,28,30). The second kappa shape index (κ2) is 11.0. The van der Waals surface area contributed by atoms with E-state index in [1.54, 1.807) is 41.6 Å². The minimum absolute atomic E-state index is 0.180. The Balaban J connectivity index is 1.35. The van der Waals surface area contributed by atoms with Crippen molar-refractivity contribution < 1.29 is 14.4 Å². The van der Waals surface area contributed by atoms with Crippen LogP contribution in [0.2, 0.25) is 0 Å². The van der Waals surface area contributed by atoms with Crippen molar-refractivity contribution in [2.45, 2.75) is 13.5 Å². The molecule has 7 nitrogen and oxygen atoms in total. The second-order valence-corrected chi connectivity index (χ2v) is 7.56. The van der Waals surface area contributed by atoms with Gasteiger partial charge in [0.2, 0.25) is 0 Å². The number of nitrogens with zero attached hydrogens (tertiary/aromatic N) is 3. The number of ether oxygens (including phenoxy) is 1. The average Bonchev–Trinajstić information content (AvgIpc) is 2.89. The van der Waals surface area contributed by atoms with Crippen molar-refractivity contribution in [3.05, 3.63) is 102 Å². The number of fused-ring (bicyclic) bond motifs is 1. The van der Waals surface area contributed by atoms with Crippen molar-refractivity contribution in [2.24, 2.45) is 10.9 Å². The monoisotopic (exact) mass is 454 g/mol. The van der Waals surface area contributed by atoms with Gasteiger partial charge in [0.15, 0.2) is 12.4 Å². The number of oxime groups is 1. The molecule has 4 aromatic rings. The first-order valence-corrected chi connectivity index (χ1v) is 11.0. The van der Waals surface area contributed by atoms with E-state index in [1.165, 1.54) is 0 Å². The molecule has 1 heterocycles. The first-order valence-electron chi connectivity index (χ1n) is 11.0. The van der Waals surface area contributed by atoms with E-state index in [0.29, 0.717) is 24.5 Å². The largest absolute Gasteiger partial charge is 0.489 e. The van der Waals surface area contributed by atoms with Crippen LogP contribution in [0, 0.1) is 0 Å². The molecule has 0 atom stereocenters. The van der Waals surface area contributed by atoms with Crippen LogP contribution in [0.3, 0.4) is 0 Å². The van der Waals surface area contributed by atoms with Crippen LogP contribution in [0.4, 0.5) is 5.69 Å². The van der Waals surface area contributed by atoms with Gasteiger partial charge in [0.1, 0.15) is 12.4 Å². The minimum atomic E-state index is -0.218. The van der Waals surface area contributed by atoms with Crippen LogP contribution >= 0.6 is 0 Å². The van der Waals surface area contributed by atoms with E-state index in [4.69, 9.17) is 15.3 Å². The maximum absolute atomic E-state index is 12.8. The molecule has 1 amide bonds. The molecule has 34 heavy (non-hydrogen) atoms. The third kappa shape index (κ3) is 5.50. The Morgan fingerprint density at radius 1 is 1.00 bits per heavy atom. The molecule has 4 rings (SSSR count). The quantitative estimate of drug-likeness (QED) is 0.228. The molecular formula is C27H26N4O3. The lowest BCUT2D eigenvalue weighted by atomic mass is 10.1. The highest BCUT2D eigenvalue weighted by Gasteiger charge is 2.17. The number of rotatable bonds is 9. The smallest absolute Gasteiger partial charge is 0.267 e. The Labute approximate surface area is 198 Å². The van der Waals surface area contributed by atoms with Gasteiger partial charge >= 0.3 is 0 Å². The summed E-state index contributed by atoms with van der Waals surface area (Å²) in [6.45, 7) is 2.64. The van der Waals surface area contributed by atoms with Crippen molar-refractivity contribution in [3.8, 4) is 5.75 Å².